The third-order valence-electron chi connectivity index (χ3n) is 5.38. The minimum Gasteiger partial charge on any atom is -0.372 e. The van der Waals surface area contributed by atoms with Crippen LogP contribution in [0.25, 0.3) is 0 Å². The van der Waals surface area contributed by atoms with Crippen molar-refractivity contribution in [3.8, 4) is 0 Å². The van der Waals surface area contributed by atoms with E-state index in [1.165, 1.54) is 0 Å². The molecule has 142 valence electrons. The van der Waals surface area contributed by atoms with Crippen LogP contribution >= 0.6 is 0 Å². The zero-order valence-electron chi connectivity index (χ0n) is 15.7. The molecule has 0 bridgehead atoms. The number of rotatable bonds is 5. The van der Waals surface area contributed by atoms with Crippen LogP contribution in [-0.4, -0.2) is 64.4 Å². The van der Waals surface area contributed by atoms with Gasteiger partial charge in [-0.3, -0.25) is 19.6 Å². The maximum Gasteiger partial charge on any atom is 0.248 e. The fourth-order valence-electron chi connectivity index (χ4n) is 3.98. The summed E-state index contributed by atoms with van der Waals surface area (Å²) in [6, 6.07) is 0. The summed E-state index contributed by atoms with van der Waals surface area (Å²) in [4.78, 5) is 37.2. The molecule has 7 nitrogen and oxygen atoms in total. The normalized spacial score (nSPS) is 23.5. The SMILES string of the molecule is CCOCC(=O)N1CCC[C@@]2(CCC(=O)N(Cc3cnc(C)cn3)C2)C1. The molecule has 0 aliphatic carbocycles. The van der Waals surface area contributed by atoms with Crippen molar-refractivity contribution in [1.82, 2.24) is 19.8 Å². The summed E-state index contributed by atoms with van der Waals surface area (Å²) in [6.45, 7) is 7.14. The number of likely N-dealkylation sites (tertiary alicyclic amines) is 2. The van der Waals surface area contributed by atoms with Crippen molar-refractivity contribution in [3.63, 3.8) is 0 Å². The molecule has 2 aliphatic heterocycles. The van der Waals surface area contributed by atoms with Crippen molar-refractivity contribution in [2.75, 3.05) is 32.8 Å². The van der Waals surface area contributed by atoms with E-state index >= 15 is 0 Å². The number of hydrogen-bond acceptors (Lipinski definition) is 5. The van der Waals surface area contributed by atoms with Gasteiger partial charge in [-0.05, 0) is 33.1 Å². The number of piperidine rings is 2. The number of carbonyl (C=O) groups is 2. The third kappa shape index (κ3) is 4.38. The molecule has 1 spiro atoms. The summed E-state index contributed by atoms with van der Waals surface area (Å²) >= 11 is 0. The standard InChI is InChI=1S/C19H28N4O3/c1-3-26-12-18(25)22-8-4-6-19(13-22)7-5-17(24)23(14-19)11-16-10-20-15(2)9-21-16/h9-10H,3-8,11-14H2,1-2H3/t19-/m1/s1. The van der Waals surface area contributed by atoms with Crippen LogP contribution in [0.3, 0.4) is 0 Å². The van der Waals surface area contributed by atoms with Crippen LogP contribution in [-0.2, 0) is 20.9 Å². The summed E-state index contributed by atoms with van der Waals surface area (Å²) < 4.78 is 5.28. The smallest absolute Gasteiger partial charge is 0.248 e. The van der Waals surface area contributed by atoms with Gasteiger partial charge >= 0.3 is 0 Å². The average Bonchev–Trinajstić information content (AvgIpc) is 2.65. The van der Waals surface area contributed by atoms with Crippen molar-refractivity contribution < 1.29 is 14.3 Å². The zero-order chi connectivity index (χ0) is 18.6. The number of ether oxygens (including phenoxy) is 1. The predicted molar refractivity (Wildman–Crippen MR) is 96.2 cm³/mol. The van der Waals surface area contributed by atoms with Gasteiger partial charge in [-0.1, -0.05) is 0 Å². The third-order valence-corrected chi connectivity index (χ3v) is 5.38. The highest BCUT2D eigenvalue weighted by Gasteiger charge is 2.42. The molecule has 0 aromatic carbocycles. The molecule has 0 unspecified atom stereocenters. The Kier molecular flexibility index (Phi) is 5.86. The highest BCUT2D eigenvalue weighted by molar-refractivity contribution is 5.78. The maximum absolute atomic E-state index is 12.4. The first-order chi connectivity index (χ1) is 12.5. The molecule has 0 N–H and O–H groups in total. The van der Waals surface area contributed by atoms with Gasteiger partial charge in [-0.25, -0.2) is 0 Å². The second-order valence-electron chi connectivity index (χ2n) is 7.45. The topological polar surface area (TPSA) is 75.6 Å². The Hall–Kier alpha value is -2.02. The largest absolute Gasteiger partial charge is 0.372 e. The summed E-state index contributed by atoms with van der Waals surface area (Å²) in [7, 11) is 0. The molecular weight excluding hydrogens is 332 g/mol. The monoisotopic (exact) mass is 360 g/mol. The van der Waals surface area contributed by atoms with Crippen molar-refractivity contribution >= 4 is 11.8 Å². The van der Waals surface area contributed by atoms with E-state index in [4.69, 9.17) is 4.74 Å². The van der Waals surface area contributed by atoms with E-state index < -0.39 is 0 Å². The van der Waals surface area contributed by atoms with Crippen molar-refractivity contribution in [3.05, 3.63) is 23.8 Å². The van der Waals surface area contributed by atoms with Crippen LogP contribution in [0.15, 0.2) is 12.4 Å². The van der Waals surface area contributed by atoms with Gasteiger partial charge in [0.1, 0.15) is 6.61 Å². The lowest BCUT2D eigenvalue weighted by Gasteiger charge is -2.48. The van der Waals surface area contributed by atoms with E-state index in [2.05, 4.69) is 9.97 Å². The number of amides is 2. The van der Waals surface area contributed by atoms with Crippen LogP contribution in [0.1, 0.15) is 44.0 Å². The highest BCUT2D eigenvalue weighted by Crippen LogP contribution is 2.39. The van der Waals surface area contributed by atoms with Gasteiger partial charge in [0.15, 0.2) is 0 Å². The van der Waals surface area contributed by atoms with Gasteiger partial charge in [0.05, 0.1) is 24.1 Å². The highest BCUT2D eigenvalue weighted by atomic mass is 16.5. The molecule has 2 saturated heterocycles. The Morgan fingerprint density at radius 3 is 2.85 bits per heavy atom. The molecule has 3 rings (SSSR count). The van der Waals surface area contributed by atoms with E-state index in [-0.39, 0.29) is 23.8 Å². The maximum atomic E-state index is 12.4. The van der Waals surface area contributed by atoms with Crippen molar-refractivity contribution in [1.29, 1.82) is 0 Å². The number of hydrogen-bond donors (Lipinski definition) is 0. The Bertz CT molecular complexity index is 649. The molecule has 7 heteroatoms. The van der Waals surface area contributed by atoms with E-state index in [1.54, 1.807) is 12.4 Å². The molecule has 2 aliphatic rings. The van der Waals surface area contributed by atoms with Gasteiger partial charge < -0.3 is 14.5 Å². The minimum absolute atomic E-state index is 0.00778. The average molecular weight is 360 g/mol. The Morgan fingerprint density at radius 2 is 2.12 bits per heavy atom. The van der Waals surface area contributed by atoms with Gasteiger partial charge in [0.2, 0.25) is 11.8 Å². The Morgan fingerprint density at radius 1 is 1.27 bits per heavy atom. The van der Waals surface area contributed by atoms with Gasteiger partial charge in [0, 0.05) is 44.3 Å². The van der Waals surface area contributed by atoms with Crippen LogP contribution < -0.4 is 0 Å². The van der Waals surface area contributed by atoms with E-state index in [0.717, 1.165) is 37.2 Å². The fourth-order valence-corrected chi connectivity index (χ4v) is 3.98. The van der Waals surface area contributed by atoms with Crippen LogP contribution in [0.4, 0.5) is 0 Å². The summed E-state index contributed by atoms with van der Waals surface area (Å²) in [6.07, 6.45) is 6.88. The van der Waals surface area contributed by atoms with Crippen LogP contribution in [0.5, 0.6) is 0 Å². The Balaban J connectivity index is 1.66. The number of nitrogens with zero attached hydrogens (tertiary/aromatic N) is 4. The minimum atomic E-state index is -0.00778. The Labute approximate surface area is 154 Å². The van der Waals surface area contributed by atoms with Crippen LogP contribution in [0.2, 0.25) is 0 Å². The summed E-state index contributed by atoms with van der Waals surface area (Å²) in [5.74, 6) is 0.217. The second kappa shape index (κ2) is 8.12. The lowest BCUT2D eigenvalue weighted by atomic mass is 9.73. The molecular formula is C19H28N4O3. The fraction of sp³-hybridized carbons (Fsp3) is 0.684. The molecule has 2 amide bonds. The van der Waals surface area contributed by atoms with Crippen LogP contribution in [0, 0.1) is 12.3 Å². The lowest BCUT2D eigenvalue weighted by molar-refractivity contribution is -0.145. The van der Waals surface area contributed by atoms with Gasteiger partial charge in [-0.15, -0.1) is 0 Å². The zero-order valence-corrected chi connectivity index (χ0v) is 15.7. The number of carbonyl (C=O) groups excluding carboxylic acids is 2. The molecule has 26 heavy (non-hydrogen) atoms. The predicted octanol–water partition coefficient (Wildman–Crippen LogP) is 1.55. The molecule has 1 aromatic heterocycles. The van der Waals surface area contributed by atoms with Gasteiger partial charge in [-0.2, -0.15) is 0 Å². The molecule has 1 atom stereocenters. The second-order valence-corrected chi connectivity index (χ2v) is 7.45. The molecule has 1 aromatic rings. The van der Waals surface area contributed by atoms with E-state index in [1.807, 2.05) is 23.6 Å². The quantitative estimate of drug-likeness (QED) is 0.796. The van der Waals surface area contributed by atoms with Gasteiger partial charge in [0.25, 0.3) is 0 Å². The first-order valence-corrected chi connectivity index (χ1v) is 9.42. The number of aromatic nitrogens is 2. The van der Waals surface area contributed by atoms with Crippen molar-refractivity contribution in [2.24, 2.45) is 5.41 Å². The van der Waals surface area contributed by atoms with Crippen molar-refractivity contribution in [2.45, 2.75) is 46.1 Å². The van der Waals surface area contributed by atoms with E-state index in [0.29, 0.717) is 32.7 Å². The first kappa shape index (κ1) is 18.8. The van der Waals surface area contributed by atoms with E-state index in [9.17, 15) is 9.59 Å². The molecule has 0 saturated carbocycles. The summed E-state index contributed by atoms with van der Waals surface area (Å²) in [5, 5.41) is 0. The first-order valence-electron chi connectivity index (χ1n) is 9.42. The molecule has 2 fully saturated rings. The molecule has 0 radical (unpaired) electrons. The summed E-state index contributed by atoms with van der Waals surface area (Å²) in [5.41, 5.74) is 1.67. The molecule has 3 heterocycles. The lowest BCUT2D eigenvalue weighted by Crippen LogP contribution is -2.55. The number of aryl methyl sites for hydroxylation is 1.